The van der Waals surface area contributed by atoms with Gasteiger partial charge in [-0.15, -0.1) is 0 Å². The molecule has 0 aliphatic rings. The third-order valence-corrected chi connectivity index (χ3v) is 4.98. The number of methoxy groups -OCH3 is 1. The zero-order chi connectivity index (χ0) is 22.2. The number of hydrogen-bond acceptors (Lipinski definition) is 4. The molecule has 0 bridgehead atoms. The molecule has 1 N–H and O–H groups in total. The summed E-state index contributed by atoms with van der Waals surface area (Å²) in [7, 11) is 5.33. The van der Waals surface area contributed by atoms with Crippen LogP contribution in [0.5, 0.6) is 11.5 Å². The topological polar surface area (TPSA) is 50.8 Å². The van der Waals surface area contributed by atoms with E-state index in [1.165, 1.54) is 12.1 Å². The predicted octanol–water partition coefficient (Wildman–Crippen LogP) is 4.45. The maximum Gasteiger partial charge on any atom is 0.251 e. The summed E-state index contributed by atoms with van der Waals surface area (Å²) < 4.78 is 24.9. The second-order valence-electron chi connectivity index (χ2n) is 7.38. The van der Waals surface area contributed by atoms with Crippen molar-refractivity contribution in [3.05, 3.63) is 95.3 Å². The van der Waals surface area contributed by atoms with Crippen LogP contribution >= 0.6 is 0 Å². The van der Waals surface area contributed by atoms with Crippen molar-refractivity contribution in [3.63, 3.8) is 0 Å². The minimum atomic E-state index is -0.300. The fourth-order valence-corrected chi connectivity index (χ4v) is 3.27. The van der Waals surface area contributed by atoms with Crippen molar-refractivity contribution in [2.75, 3.05) is 27.7 Å². The molecule has 0 saturated carbocycles. The monoisotopic (exact) mass is 422 g/mol. The number of carbonyl (C=O) groups is 1. The molecule has 0 aromatic heterocycles. The number of ether oxygens (including phenoxy) is 2. The Kier molecular flexibility index (Phi) is 7.62. The van der Waals surface area contributed by atoms with E-state index in [1.807, 2.05) is 55.4 Å². The first-order chi connectivity index (χ1) is 15.0. The van der Waals surface area contributed by atoms with Crippen molar-refractivity contribution in [2.45, 2.75) is 12.6 Å². The molecule has 1 atom stereocenters. The molecule has 31 heavy (non-hydrogen) atoms. The van der Waals surface area contributed by atoms with E-state index in [9.17, 15) is 9.18 Å². The van der Waals surface area contributed by atoms with E-state index in [2.05, 4.69) is 5.32 Å². The molecule has 162 valence electrons. The van der Waals surface area contributed by atoms with Gasteiger partial charge in [0, 0.05) is 12.1 Å². The molecule has 5 nitrogen and oxygen atoms in total. The van der Waals surface area contributed by atoms with Crippen LogP contribution in [0, 0.1) is 5.82 Å². The molecular formula is C25H27FN2O3. The molecule has 1 amide bonds. The van der Waals surface area contributed by atoms with E-state index in [4.69, 9.17) is 9.47 Å². The van der Waals surface area contributed by atoms with Crippen LogP contribution in [-0.2, 0) is 6.61 Å². The number of halogens is 1. The Morgan fingerprint density at radius 3 is 2.45 bits per heavy atom. The van der Waals surface area contributed by atoms with Crippen molar-refractivity contribution >= 4 is 5.91 Å². The minimum absolute atomic E-state index is 0.157. The lowest BCUT2D eigenvalue weighted by Crippen LogP contribution is -2.34. The van der Waals surface area contributed by atoms with Crippen LogP contribution in [0.1, 0.15) is 27.5 Å². The lowest BCUT2D eigenvalue weighted by atomic mass is 10.1. The summed E-state index contributed by atoms with van der Waals surface area (Å²) in [6.07, 6.45) is 0. The number of hydrogen-bond donors (Lipinski definition) is 1. The van der Waals surface area contributed by atoms with Gasteiger partial charge in [-0.3, -0.25) is 4.79 Å². The van der Waals surface area contributed by atoms with E-state index < -0.39 is 0 Å². The number of carbonyl (C=O) groups excluding carboxylic acids is 1. The Bertz CT molecular complexity index is 1010. The van der Waals surface area contributed by atoms with Crippen LogP contribution in [0.2, 0.25) is 0 Å². The molecule has 3 aromatic carbocycles. The molecular weight excluding hydrogens is 395 g/mol. The van der Waals surface area contributed by atoms with Crippen molar-refractivity contribution in [3.8, 4) is 11.5 Å². The van der Waals surface area contributed by atoms with Gasteiger partial charge in [0.1, 0.15) is 12.4 Å². The van der Waals surface area contributed by atoms with Crippen LogP contribution in [0.3, 0.4) is 0 Å². The Hall–Kier alpha value is -3.38. The molecule has 6 heteroatoms. The van der Waals surface area contributed by atoms with Crippen LogP contribution < -0.4 is 14.8 Å². The number of likely N-dealkylation sites (N-methyl/N-ethyl adjacent to an activating group) is 1. The summed E-state index contributed by atoms with van der Waals surface area (Å²) in [5.41, 5.74) is 2.30. The Morgan fingerprint density at radius 2 is 1.77 bits per heavy atom. The summed E-state index contributed by atoms with van der Waals surface area (Å²) in [6.45, 7) is 0.741. The van der Waals surface area contributed by atoms with Gasteiger partial charge in [0.25, 0.3) is 5.91 Å². The van der Waals surface area contributed by atoms with Crippen molar-refractivity contribution in [2.24, 2.45) is 0 Å². The highest BCUT2D eigenvalue weighted by atomic mass is 19.1. The lowest BCUT2D eigenvalue weighted by Gasteiger charge is -2.25. The molecule has 0 aliphatic heterocycles. The maximum atomic E-state index is 13.6. The summed E-state index contributed by atoms with van der Waals surface area (Å²) in [5, 5.41) is 2.93. The highest BCUT2D eigenvalue weighted by Crippen LogP contribution is 2.29. The SMILES string of the molecule is COc1cc(C(=O)NCC(c2cccc(F)c2)N(C)C)ccc1OCc1ccccc1. The fourth-order valence-electron chi connectivity index (χ4n) is 3.27. The highest BCUT2D eigenvalue weighted by Gasteiger charge is 2.17. The molecule has 1 unspecified atom stereocenters. The standard InChI is InChI=1S/C25H27FN2O3/c1-28(2)22(19-10-7-11-21(26)14-19)16-27-25(29)20-12-13-23(24(15-20)30-3)31-17-18-8-5-4-6-9-18/h4-15,22H,16-17H2,1-3H3,(H,27,29). The quantitative estimate of drug-likeness (QED) is 0.554. The smallest absolute Gasteiger partial charge is 0.251 e. The van der Waals surface area contributed by atoms with E-state index >= 15 is 0 Å². The third kappa shape index (κ3) is 6.06. The molecule has 3 rings (SSSR count). The van der Waals surface area contributed by atoms with Crippen molar-refractivity contribution in [1.29, 1.82) is 0 Å². The Morgan fingerprint density at radius 1 is 1.00 bits per heavy atom. The van der Waals surface area contributed by atoms with Crippen molar-refractivity contribution < 1.29 is 18.7 Å². The number of nitrogens with zero attached hydrogens (tertiary/aromatic N) is 1. The van der Waals surface area contributed by atoms with E-state index in [1.54, 1.807) is 31.4 Å². The van der Waals surface area contributed by atoms with Gasteiger partial charge >= 0.3 is 0 Å². The molecule has 0 saturated heterocycles. The van der Waals surface area contributed by atoms with Gasteiger partial charge in [-0.2, -0.15) is 0 Å². The first-order valence-electron chi connectivity index (χ1n) is 10.0. The summed E-state index contributed by atoms with van der Waals surface area (Å²) >= 11 is 0. The largest absolute Gasteiger partial charge is 0.493 e. The predicted molar refractivity (Wildman–Crippen MR) is 119 cm³/mol. The van der Waals surface area contributed by atoms with Gasteiger partial charge in [0.15, 0.2) is 11.5 Å². The van der Waals surface area contributed by atoms with Gasteiger partial charge in [-0.05, 0) is 55.6 Å². The molecule has 0 fully saturated rings. The first kappa shape index (κ1) is 22.3. The van der Waals surface area contributed by atoms with Crippen LogP contribution in [0.25, 0.3) is 0 Å². The Balaban J connectivity index is 1.66. The van der Waals surface area contributed by atoms with Crippen LogP contribution in [0.15, 0.2) is 72.8 Å². The summed E-state index contributed by atoms with van der Waals surface area (Å²) in [5.74, 6) is 0.509. The van der Waals surface area contributed by atoms with E-state index in [0.29, 0.717) is 30.2 Å². The number of rotatable bonds is 9. The second-order valence-corrected chi connectivity index (χ2v) is 7.38. The van der Waals surface area contributed by atoms with Crippen LogP contribution in [0.4, 0.5) is 4.39 Å². The minimum Gasteiger partial charge on any atom is -0.493 e. The van der Waals surface area contributed by atoms with Crippen molar-refractivity contribution in [1.82, 2.24) is 10.2 Å². The molecule has 3 aromatic rings. The zero-order valence-electron chi connectivity index (χ0n) is 18.0. The number of nitrogens with one attached hydrogen (secondary N) is 1. The van der Waals surface area contributed by atoms with Gasteiger partial charge < -0.3 is 19.7 Å². The number of benzene rings is 3. The molecule has 0 heterocycles. The molecule has 0 radical (unpaired) electrons. The first-order valence-corrected chi connectivity index (χ1v) is 10.0. The highest BCUT2D eigenvalue weighted by molar-refractivity contribution is 5.94. The molecule has 0 spiro atoms. The number of amides is 1. The van der Waals surface area contributed by atoms with E-state index in [0.717, 1.165) is 11.1 Å². The zero-order valence-corrected chi connectivity index (χ0v) is 18.0. The lowest BCUT2D eigenvalue weighted by molar-refractivity contribution is 0.0941. The average Bonchev–Trinajstić information content (AvgIpc) is 2.78. The van der Waals surface area contributed by atoms with Gasteiger partial charge in [0.05, 0.1) is 13.2 Å². The fraction of sp³-hybridized carbons (Fsp3) is 0.240. The third-order valence-electron chi connectivity index (χ3n) is 4.98. The average molecular weight is 423 g/mol. The van der Waals surface area contributed by atoms with E-state index in [-0.39, 0.29) is 17.8 Å². The second kappa shape index (κ2) is 10.6. The maximum absolute atomic E-state index is 13.6. The van der Waals surface area contributed by atoms with Gasteiger partial charge in [-0.25, -0.2) is 4.39 Å². The molecule has 0 aliphatic carbocycles. The normalized spacial score (nSPS) is 11.8. The van der Waals surface area contributed by atoms with Gasteiger partial charge in [0.2, 0.25) is 0 Å². The summed E-state index contributed by atoms with van der Waals surface area (Å²) in [6, 6.07) is 21.2. The summed E-state index contributed by atoms with van der Waals surface area (Å²) in [4.78, 5) is 14.7. The van der Waals surface area contributed by atoms with Crippen LogP contribution in [-0.4, -0.2) is 38.6 Å². The van der Waals surface area contributed by atoms with Gasteiger partial charge in [-0.1, -0.05) is 42.5 Å². The Labute approximate surface area is 182 Å².